The zero-order valence-corrected chi connectivity index (χ0v) is 9.44. The maximum Gasteiger partial charge on any atom is 0.278 e. The first-order valence-corrected chi connectivity index (χ1v) is 5.05. The predicted octanol–water partition coefficient (Wildman–Crippen LogP) is -0.677. The van der Waals surface area contributed by atoms with Crippen molar-refractivity contribution < 1.29 is 14.7 Å². The van der Waals surface area contributed by atoms with Gasteiger partial charge in [-0.05, 0) is 22.6 Å². The number of rotatable bonds is 3. The number of nitrogens with one attached hydrogen (secondary N) is 1. The van der Waals surface area contributed by atoms with Gasteiger partial charge in [-0.1, -0.05) is 12.1 Å². The summed E-state index contributed by atoms with van der Waals surface area (Å²) in [5.74, 6) is -1.87. The number of hydrogen-bond acceptors (Lipinski definition) is 7. The molecule has 0 aliphatic rings. The molecule has 2 amide bonds. The summed E-state index contributed by atoms with van der Waals surface area (Å²) < 4.78 is 0. The summed E-state index contributed by atoms with van der Waals surface area (Å²) in [6, 6.07) is 6.06. The number of aromatic hydroxyl groups is 1. The summed E-state index contributed by atoms with van der Waals surface area (Å²) in [4.78, 5) is 23.0. The molecule has 0 bridgehead atoms. The van der Waals surface area contributed by atoms with Crippen molar-refractivity contribution in [3.63, 3.8) is 0 Å². The summed E-state index contributed by atoms with van der Waals surface area (Å²) >= 11 is 0. The number of nitrogens with zero attached hydrogens (tertiary/aromatic N) is 4. The maximum absolute atomic E-state index is 11.9. The second-order valence-corrected chi connectivity index (χ2v) is 3.41. The minimum atomic E-state index is -0.954. The number of benzene rings is 1. The summed E-state index contributed by atoms with van der Waals surface area (Å²) in [6.45, 7) is 0. The number of carbonyl (C=O) groups excluding carboxylic acids is 2. The highest BCUT2D eigenvalue weighted by Gasteiger charge is 2.20. The van der Waals surface area contributed by atoms with E-state index in [0.717, 1.165) is 0 Å². The van der Waals surface area contributed by atoms with E-state index in [1.807, 2.05) is 0 Å². The van der Waals surface area contributed by atoms with Crippen LogP contribution in [0.3, 0.4) is 0 Å². The quantitative estimate of drug-likeness (QED) is 0.620. The molecule has 9 heteroatoms. The van der Waals surface area contributed by atoms with Crippen molar-refractivity contribution in [3.05, 3.63) is 35.7 Å². The van der Waals surface area contributed by atoms with Gasteiger partial charge < -0.3 is 16.2 Å². The maximum atomic E-state index is 11.9. The molecule has 4 N–H and O–H groups in total. The summed E-state index contributed by atoms with van der Waals surface area (Å²) in [7, 11) is 0. The van der Waals surface area contributed by atoms with Crippen LogP contribution in [0.15, 0.2) is 24.3 Å². The average molecular weight is 260 g/mol. The Morgan fingerprint density at radius 2 is 1.74 bits per heavy atom. The number of hydrogen-bond donors (Lipinski definition) is 3. The number of para-hydroxylation sites is 2. The Morgan fingerprint density at radius 1 is 1.11 bits per heavy atom. The number of amides is 2. The van der Waals surface area contributed by atoms with Crippen LogP contribution in [0.4, 0.5) is 5.69 Å². The molecule has 9 nitrogen and oxygen atoms in total. The lowest BCUT2D eigenvalue weighted by atomic mass is 10.2. The molecule has 0 aliphatic carbocycles. The Bertz CT molecular complexity index is 645. The summed E-state index contributed by atoms with van der Waals surface area (Å²) in [5.41, 5.74) is 4.42. The number of aromatic nitrogens is 4. The predicted molar refractivity (Wildman–Crippen MR) is 62.2 cm³/mol. The van der Waals surface area contributed by atoms with Crippen molar-refractivity contribution in [2.75, 3.05) is 5.32 Å². The first-order valence-electron chi connectivity index (χ1n) is 5.05. The smallest absolute Gasteiger partial charge is 0.278 e. The molecule has 0 unspecified atom stereocenters. The first kappa shape index (κ1) is 12.4. The van der Waals surface area contributed by atoms with Crippen LogP contribution < -0.4 is 11.1 Å². The minimum absolute atomic E-state index is 0.133. The van der Waals surface area contributed by atoms with Crippen molar-refractivity contribution in [2.45, 2.75) is 0 Å². The molecule has 0 atom stereocenters. The molecular formula is C10H8N6O3. The lowest BCUT2D eigenvalue weighted by molar-refractivity contribution is 0.0966. The third kappa shape index (κ3) is 2.60. The van der Waals surface area contributed by atoms with Gasteiger partial charge in [-0.2, -0.15) is 0 Å². The van der Waals surface area contributed by atoms with E-state index in [4.69, 9.17) is 5.73 Å². The Hall–Kier alpha value is -3.10. The molecule has 2 rings (SSSR count). The number of carbonyl (C=O) groups is 2. The molecule has 0 aliphatic heterocycles. The topological polar surface area (TPSA) is 144 Å². The van der Waals surface area contributed by atoms with Gasteiger partial charge >= 0.3 is 0 Å². The number of phenolic OH excluding ortho intramolecular Hbond substituents is 1. The fourth-order valence-electron chi connectivity index (χ4n) is 1.30. The standard InChI is InChI=1S/C10H8N6O3/c11-9(18)7-8(14-16-15-13-7)10(19)12-5-3-1-2-4-6(5)17/h1-4,17H,(H2,11,18)(H,12,19). The van der Waals surface area contributed by atoms with Gasteiger partial charge in [-0.3, -0.25) is 9.59 Å². The van der Waals surface area contributed by atoms with Crippen molar-refractivity contribution in [3.8, 4) is 5.75 Å². The zero-order valence-electron chi connectivity index (χ0n) is 9.44. The molecule has 2 aromatic rings. The third-order valence-corrected chi connectivity index (χ3v) is 2.15. The Balaban J connectivity index is 2.31. The fraction of sp³-hybridized carbons (Fsp3) is 0. The van der Waals surface area contributed by atoms with Gasteiger partial charge in [-0.15, -0.1) is 10.2 Å². The highest BCUT2D eigenvalue weighted by atomic mass is 16.3. The largest absolute Gasteiger partial charge is 0.506 e. The van der Waals surface area contributed by atoms with Crippen LogP contribution in [-0.2, 0) is 0 Å². The van der Waals surface area contributed by atoms with E-state index in [1.54, 1.807) is 12.1 Å². The van der Waals surface area contributed by atoms with Crippen molar-refractivity contribution in [2.24, 2.45) is 5.73 Å². The third-order valence-electron chi connectivity index (χ3n) is 2.15. The van der Waals surface area contributed by atoms with Crippen LogP contribution >= 0.6 is 0 Å². The number of anilines is 1. The van der Waals surface area contributed by atoms with E-state index >= 15 is 0 Å². The normalized spacial score (nSPS) is 9.89. The monoisotopic (exact) mass is 260 g/mol. The Morgan fingerprint density at radius 3 is 2.37 bits per heavy atom. The molecule has 96 valence electrons. The second-order valence-electron chi connectivity index (χ2n) is 3.41. The number of phenols is 1. The van der Waals surface area contributed by atoms with Crippen LogP contribution in [0.25, 0.3) is 0 Å². The highest BCUT2D eigenvalue weighted by Crippen LogP contribution is 2.22. The van der Waals surface area contributed by atoms with E-state index < -0.39 is 17.5 Å². The molecule has 0 radical (unpaired) electrons. The molecule has 1 aromatic carbocycles. The van der Waals surface area contributed by atoms with Crippen molar-refractivity contribution in [1.82, 2.24) is 20.6 Å². The Labute approximate surface area is 106 Å². The summed E-state index contributed by atoms with van der Waals surface area (Å²) in [5, 5.41) is 24.9. The number of nitrogens with two attached hydrogens (primary N) is 1. The zero-order chi connectivity index (χ0) is 13.8. The van der Waals surface area contributed by atoms with E-state index in [-0.39, 0.29) is 17.1 Å². The molecule has 19 heavy (non-hydrogen) atoms. The SMILES string of the molecule is NC(=O)c1nnnnc1C(=O)Nc1ccccc1O. The van der Waals surface area contributed by atoms with Crippen molar-refractivity contribution >= 4 is 17.5 Å². The van der Waals surface area contributed by atoms with E-state index in [2.05, 4.69) is 25.9 Å². The summed E-state index contributed by atoms with van der Waals surface area (Å²) in [6.07, 6.45) is 0. The molecular weight excluding hydrogens is 252 g/mol. The molecule has 0 fully saturated rings. The van der Waals surface area contributed by atoms with E-state index in [9.17, 15) is 14.7 Å². The van der Waals surface area contributed by atoms with Gasteiger partial charge in [0.05, 0.1) is 5.69 Å². The van der Waals surface area contributed by atoms with Crippen LogP contribution in [0.1, 0.15) is 21.0 Å². The lowest BCUT2D eigenvalue weighted by Crippen LogP contribution is -2.24. The molecule has 0 spiro atoms. The van der Waals surface area contributed by atoms with Crippen molar-refractivity contribution in [1.29, 1.82) is 0 Å². The van der Waals surface area contributed by atoms with Gasteiger partial charge in [0.2, 0.25) is 0 Å². The lowest BCUT2D eigenvalue weighted by Gasteiger charge is -2.06. The van der Waals surface area contributed by atoms with Crippen LogP contribution in [0.5, 0.6) is 5.75 Å². The first-order chi connectivity index (χ1) is 9.09. The number of primary amides is 1. The van der Waals surface area contributed by atoms with Crippen LogP contribution in [0.2, 0.25) is 0 Å². The van der Waals surface area contributed by atoms with E-state index in [0.29, 0.717) is 0 Å². The van der Waals surface area contributed by atoms with Gasteiger partial charge in [-0.25, -0.2) is 0 Å². The molecule has 0 saturated heterocycles. The fourth-order valence-corrected chi connectivity index (χ4v) is 1.30. The van der Waals surface area contributed by atoms with Gasteiger partial charge in [0.1, 0.15) is 5.75 Å². The van der Waals surface area contributed by atoms with E-state index in [1.165, 1.54) is 12.1 Å². The average Bonchev–Trinajstić information content (AvgIpc) is 2.41. The molecule has 0 saturated carbocycles. The van der Waals surface area contributed by atoms with Gasteiger partial charge in [0, 0.05) is 0 Å². The minimum Gasteiger partial charge on any atom is -0.506 e. The van der Waals surface area contributed by atoms with Crippen LogP contribution in [-0.4, -0.2) is 37.5 Å². The highest BCUT2D eigenvalue weighted by molar-refractivity contribution is 6.09. The van der Waals surface area contributed by atoms with Gasteiger partial charge in [0.15, 0.2) is 11.4 Å². The molecule has 1 heterocycles. The van der Waals surface area contributed by atoms with Crippen LogP contribution in [0, 0.1) is 0 Å². The molecule has 1 aromatic heterocycles. The Kier molecular flexibility index (Phi) is 3.28. The van der Waals surface area contributed by atoms with Gasteiger partial charge in [0.25, 0.3) is 11.8 Å². The second kappa shape index (κ2) is 5.04.